The van der Waals surface area contributed by atoms with Crippen molar-refractivity contribution in [3.63, 3.8) is 0 Å². The van der Waals surface area contributed by atoms with Gasteiger partial charge in [0.2, 0.25) is 5.95 Å². The van der Waals surface area contributed by atoms with Gasteiger partial charge in [0.15, 0.2) is 11.3 Å². The van der Waals surface area contributed by atoms with E-state index < -0.39 is 0 Å². The normalized spacial score (nSPS) is 10.2. The summed E-state index contributed by atoms with van der Waals surface area (Å²) < 4.78 is 2.36. The van der Waals surface area contributed by atoms with Crippen LogP contribution in [0, 0.1) is 5.41 Å². The lowest BCUT2D eigenvalue weighted by atomic mass is 10.3. The van der Waals surface area contributed by atoms with Crippen molar-refractivity contribution in [1.29, 1.82) is 5.41 Å². The fourth-order valence-electron chi connectivity index (χ4n) is 1.26. The summed E-state index contributed by atoms with van der Waals surface area (Å²) in [5, 5.41) is 14.6. The van der Waals surface area contributed by atoms with E-state index in [0.717, 1.165) is 10.2 Å². The summed E-state index contributed by atoms with van der Waals surface area (Å²) in [6.07, 6.45) is 0. The Morgan fingerprint density at radius 1 is 1.35 bits per heavy atom. The van der Waals surface area contributed by atoms with Gasteiger partial charge < -0.3 is 11.1 Å². The van der Waals surface area contributed by atoms with E-state index in [1.54, 1.807) is 7.05 Å². The fourth-order valence-corrected chi connectivity index (χ4v) is 1.53. The third kappa shape index (κ3) is 2.62. The summed E-state index contributed by atoms with van der Waals surface area (Å²) in [7, 11) is 1.65. The predicted molar refractivity (Wildman–Crippen MR) is 68.7 cm³/mol. The topological polar surface area (TPSA) is 92.6 Å². The van der Waals surface area contributed by atoms with Crippen LogP contribution in [-0.2, 0) is 7.05 Å². The predicted octanol–water partition coefficient (Wildman–Crippen LogP) is 1.38. The number of nitrogens with two attached hydrogens (primary N) is 1. The van der Waals surface area contributed by atoms with Crippen LogP contribution in [0.4, 0.5) is 17.5 Å². The summed E-state index contributed by atoms with van der Waals surface area (Å²) in [4.78, 5) is 3.99. The van der Waals surface area contributed by atoms with Crippen molar-refractivity contribution >= 4 is 33.4 Å². The van der Waals surface area contributed by atoms with Gasteiger partial charge in [-0.2, -0.15) is 4.98 Å². The van der Waals surface area contributed by atoms with Crippen LogP contribution in [0.2, 0.25) is 0 Å². The largest absolute Gasteiger partial charge is 0.380 e. The second-order valence-electron chi connectivity index (χ2n) is 3.42. The van der Waals surface area contributed by atoms with Crippen LogP contribution >= 0.6 is 15.9 Å². The van der Waals surface area contributed by atoms with E-state index >= 15 is 0 Å². The zero-order chi connectivity index (χ0) is 12.4. The van der Waals surface area contributed by atoms with E-state index in [9.17, 15) is 0 Å². The lowest BCUT2D eigenvalue weighted by Crippen LogP contribution is -2.25. The third-order valence-electron chi connectivity index (χ3n) is 2.14. The number of benzene rings is 1. The number of hydrogen-bond acceptors (Lipinski definition) is 5. The zero-order valence-electron chi connectivity index (χ0n) is 9.11. The standard InChI is InChI=1S/C10H11BrN6/c1-17-9(13)8(12)15-10(16-17)14-7-4-2-6(11)3-5-7/h2-5,13H,1H3,(H3,12,14,15,16). The zero-order valence-corrected chi connectivity index (χ0v) is 10.7. The Morgan fingerprint density at radius 3 is 2.59 bits per heavy atom. The number of hydrogen-bond donors (Lipinski definition) is 3. The molecule has 1 heterocycles. The number of anilines is 3. The number of nitrogen functional groups attached to an aromatic ring is 1. The maximum absolute atomic E-state index is 7.53. The smallest absolute Gasteiger partial charge is 0.247 e. The van der Waals surface area contributed by atoms with Crippen LogP contribution < -0.4 is 16.5 Å². The number of aromatic nitrogens is 3. The van der Waals surface area contributed by atoms with Gasteiger partial charge in [0.1, 0.15) is 0 Å². The summed E-state index contributed by atoms with van der Waals surface area (Å²) in [5.41, 5.74) is 6.53. The number of rotatable bonds is 2. The molecule has 17 heavy (non-hydrogen) atoms. The molecule has 0 radical (unpaired) electrons. The molecular formula is C10H11BrN6. The van der Waals surface area contributed by atoms with Gasteiger partial charge in [0.25, 0.3) is 0 Å². The molecule has 2 aromatic rings. The molecule has 6 nitrogen and oxygen atoms in total. The lowest BCUT2D eigenvalue weighted by molar-refractivity contribution is 0.675. The second kappa shape index (κ2) is 4.54. The van der Waals surface area contributed by atoms with Crippen molar-refractivity contribution in [2.24, 2.45) is 7.05 Å². The molecule has 0 aliphatic heterocycles. The van der Waals surface area contributed by atoms with Crippen LogP contribution in [0.5, 0.6) is 0 Å². The SMILES string of the molecule is Cn1nc(Nc2ccc(Br)cc2)nc(N)c1=N. The third-order valence-corrected chi connectivity index (χ3v) is 2.67. The van der Waals surface area contributed by atoms with Crippen molar-refractivity contribution in [3.8, 4) is 0 Å². The van der Waals surface area contributed by atoms with E-state index in [1.165, 1.54) is 4.68 Å². The van der Waals surface area contributed by atoms with Crippen LogP contribution in [-0.4, -0.2) is 14.8 Å². The van der Waals surface area contributed by atoms with E-state index in [0.29, 0.717) is 5.95 Å². The Balaban J connectivity index is 2.30. The van der Waals surface area contributed by atoms with Crippen molar-refractivity contribution in [2.75, 3.05) is 11.1 Å². The van der Waals surface area contributed by atoms with Gasteiger partial charge >= 0.3 is 0 Å². The number of nitrogens with one attached hydrogen (secondary N) is 2. The van der Waals surface area contributed by atoms with Gasteiger partial charge in [0, 0.05) is 17.2 Å². The molecule has 1 aromatic heterocycles. The lowest BCUT2D eigenvalue weighted by Gasteiger charge is -2.07. The molecule has 0 fully saturated rings. The first-order valence-electron chi connectivity index (χ1n) is 4.84. The van der Waals surface area contributed by atoms with Crippen LogP contribution in [0.15, 0.2) is 28.7 Å². The molecule has 0 amide bonds. The highest BCUT2D eigenvalue weighted by molar-refractivity contribution is 9.10. The summed E-state index contributed by atoms with van der Waals surface area (Å²) in [5.74, 6) is 0.505. The van der Waals surface area contributed by atoms with Crippen LogP contribution in [0.1, 0.15) is 0 Å². The Hall–Kier alpha value is -1.89. The second-order valence-corrected chi connectivity index (χ2v) is 4.34. The monoisotopic (exact) mass is 294 g/mol. The molecule has 4 N–H and O–H groups in total. The molecule has 7 heteroatoms. The fraction of sp³-hybridized carbons (Fsp3) is 0.100. The molecule has 0 saturated heterocycles. The van der Waals surface area contributed by atoms with Gasteiger partial charge in [-0.15, -0.1) is 5.10 Å². The van der Waals surface area contributed by atoms with Gasteiger partial charge in [-0.3, -0.25) is 5.41 Å². The highest BCUT2D eigenvalue weighted by Gasteiger charge is 2.02. The minimum atomic E-state index is 0.0892. The first-order valence-corrected chi connectivity index (χ1v) is 5.63. The average Bonchev–Trinajstić information content (AvgIpc) is 2.29. The van der Waals surface area contributed by atoms with Crippen molar-refractivity contribution in [2.45, 2.75) is 0 Å². The minimum Gasteiger partial charge on any atom is -0.380 e. The van der Waals surface area contributed by atoms with Gasteiger partial charge in [-0.25, -0.2) is 4.68 Å². The summed E-state index contributed by atoms with van der Waals surface area (Å²) in [6, 6.07) is 7.59. The van der Waals surface area contributed by atoms with E-state index in [1.807, 2.05) is 24.3 Å². The first-order chi connectivity index (χ1) is 8.06. The molecule has 0 saturated carbocycles. The molecule has 2 rings (SSSR count). The molecule has 0 spiro atoms. The van der Waals surface area contributed by atoms with Gasteiger partial charge in [0.05, 0.1) is 0 Å². The van der Waals surface area contributed by atoms with Gasteiger partial charge in [-0.05, 0) is 24.3 Å². The first kappa shape index (κ1) is 11.6. The van der Waals surface area contributed by atoms with E-state index in [-0.39, 0.29) is 11.3 Å². The Kier molecular flexibility index (Phi) is 3.10. The van der Waals surface area contributed by atoms with Gasteiger partial charge in [-0.1, -0.05) is 15.9 Å². The molecule has 0 atom stereocenters. The number of halogens is 1. The molecular weight excluding hydrogens is 284 g/mol. The number of aryl methyl sites for hydroxylation is 1. The highest BCUT2D eigenvalue weighted by atomic mass is 79.9. The maximum Gasteiger partial charge on any atom is 0.247 e. The number of nitrogens with zero attached hydrogens (tertiary/aromatic N) is 3. The Morgan fingerprint density at radius 2 is 2.00 bits per heavy atom. The molecule has 0 aliphatic carbocycles. The minimum absolute atomic E-state index is 0.0892. The van der Waals surface area contributed by atoms with Crippen molar-refractivity contribution < 1.29 is 0 Å². The quantitative estimate of drug-likeness (QED) is 0.780. The van der Waals surface area contributed by atoms with Crippen molar-refractivity contribution in [3.05, 3.63) is 34.2 Å². The molecule has 0 aliphatic rings. The van der Waals surface area contributed by atoms with Crippen molar-refractivity contribution in [1.82, 2.24) is 14.8 Å². The Labute approximate surface area is 106 Å². The molecule has 88 valence electrons. The van der Waals surface area contributed by atoms with Crippen LogP contribution in [0.3, 0.4) is 0 Å². The van der Waals surface area contributed by atoms with E-state index in [4.69, 9.17) is 11.1 Å². The van der Waals surface area contributed by atoms with Crippen LogP contribution in [0.25, 0.3) is 0 Å². The van der Waals surface area contributed by atoms with E-state index in [2.05, 4.69) is 31.3 Å². The molecule has 0 bridgehead atoms. The molecule has 0 unspecified atom stereocenters. The Bertz CT molecular complexity index is 562. The molecule has 1 aromatic carbocycles. The highest BCUT2D eigenvalue weighted by Crippen LogP contribution is 2.16. The summed E-state index contributed by atoms with van der Waals surface area (Å²) >= 11 is 3.36. The average molecular weight is 295 g/mol. The summed E-state index contributed by atoms with van der Waals surface area (Å²) in [6.45, 7) is 0. The maximum atomic E-state index is 7.53.